The maximum atomic E-state index is 5.47. The van der Waals surface area contributed by atoms with Gasteiger partial charge in [0.25, 0.3) is 0 Å². The highest BCUT2D eigenvalue weighted by Gasteiger charge is 2.35. The van der Waals surface area contributed by atoms with E-state index in [9.17, 15) is 0 Å². The lowest BCUT2D eigenvalue weighted by Gasteiger charge is -2.44. The Hall–Kier alpha value is -0.0800. The van der Waals surface area contributed by atoms with E-state index in [1.165, 1.54) is 45.3 Å². The molecule has 0 bridgehead atoms. The molecular formula is C13H25NO. The summed E-state index contributed by atoms with van der Waals surface area (Å²) in [6, 6.07) is 0. The number of piperidine rings is 1. The van der Waals surface area contributed by atoms with Crippen molar-refractivity contribution in [3.63, 3.8) is 0 Å². The predicted molar refractivity (Wildman–Crippen MR) is 63.0 cm³/mol. The minimum atomic E-state index is 0.658. The summed E-state index contributed by atoms with van der Waals surface area (Å²) in [5.41, 5.74) is 0.658. The highest BCUT2D eigenvalue weighted by atomic mass is 16.5. The first-order chi connectivity index (χ1) is 7.20. The Morgan fingerprint density at radius 3 is 2.20 bits per heavy atom. The third-order valence-corrected chi connectivity index (χ3v) is 4.09. The Morgan fingerprint density at radius 1 is 1.07 bits per heavy atom. The van der Waals surface area contributed by atoms with Crippen LogP contribution in [0.3, 0.4) is 0 Å². The van der Waals surface area contributed by atoms with Crippen molar-refractivity contribution >= 4 is 0 Å². The summed E-state index contributed by atoms with van der Waals surface area (Å²) in [5.74, 6) is 0.814. The van der Waals surface area contributed by atoms with Crippen molar-refractivity contribution in [1.29, 1.82) is 0 Å². The summed E-state index contributed by atoms with van der Waals surface area (Å²) in [6.45, 7) is 10.6. The molecule has 2 fully saturated rings. The van der Waals surface area contributed by atoms with Crippen LogP contribution in [0.4, 0.5) is 0 Å². The number of rotatable bonds is 2. The summed E-state index contributed by atoms with van der Waals surface area (Å²) in [5, 5.41) is 0. The quantitative estimate of drug-likeness (QED) is 0.696. The zero-order chi connectivity index (χ0) is 10.7. The standard InChI is InChI=1S/C13H25NO/c1-12(2)11-14-7-3-13(4-8-14)5-9-15-10-6-13/h12H,3-11H2,1-2H3. The van der Waals surface area contributed by atoms with E-state index < -0.39 is 0 Å². The van der Waals surface area contributed by atoms with E-state index in [4.69, 9.17) is 4.74 Å². The number of likely N-dealkylation sites (tertiary alicyclic amines) is 1. The summed E-state index contributed by atoms with van der Waals surface area (Å²) >= 11 is 0. The monoisotopic (exact) mass is 211 g/mol. The molecule has 0 N–H and O–H groups in total. The van der Waals surface area contributed by atoms with Gasteiger partial charge in [-0.2, -0.15) is 0 Å². The molecule has 2 aliphatic heterocycles. The predicted octanol–water partition coefficient (Wildman–Crippen LogP) is 2.54. The fourth-order valence-electron chi connectivity index (χ4n) is 3.03. The number of ether oxygens (including phenoxy) is 1. The van der Waals surface area contributed by atoms with Crippen LogP contribution in [0.5, 0.6) is 0 Å². The lowest BCUT2D eigenvalue weighted by molar-refractivity contribution is -0.0219. The molecule has 0 radical (unpaired) electrons. The van der Waals surface area contributed by atoms with E-state index in [2.05, 4.69) is 18.7 Å². The van der Waals surface area contributed by atoms with Gasteiger partial charge in [0.15, 0.2) is 0 Å². The lowest BCUT2D eigenvalue weighted by atomic mass is 9.72. The zero-order valence-corrected chi connectivity index (χ0v) is 10.3. The molecule has 2 rings (SSSR count). The first-order valence-corrected chi connectivity index (χ1v) is 6.50. The lowest BCUT2D eigenvalue weighted by Crippen LogP contribution is -2.43. The van der Waals surface area contributed by atoms with Gasteiger partial charge >= 0.3 is 0 Å². The molecule has 15 heavy (non-hydrogen) atoms. The molecule has 0 aromatic rings. The van der Waals surface area contributed by atoms with Crippen molar-refractivity contribution in [2.75, 3.05) is 32.8 Å². The largest absolute Gasteiger partial charge is 0.381 e. The van der Waals surface area contributed by atoms with Gasteiger partial charge < -0.3 is 9.64 Å². The first-order valence-electron chi connectivity index (χ1n) is 6.50. The summed E-state index contributed by atoms with van der Waals surface area (Å²) in [6.07, 6.45) is 5.43. The third kappa shape index (κ3) is 2.94. The molecule has 0 saturated carbocycles. The van der Waals surface area contributed by atoms with Gasteiger partial charge in [-0.1, -0.05) is 13.8 Å². The fraction of sp³-hybridized carbons (Fsp3) is 1.00. The van der Waals surface area contributed by atoms with E-state index in [1.807, 2.05) is 0 Å². The molecule has 0 aliphatic carbocycles. The smallest absolute Gasteiger partial charge is 0.0471 e. The average molecular weight is 211 g/mol. The second-order valence-electron chi connectivity index (χ2n) is 5.81. The molecule has 2 aliphatic rings. The second kappa shape index (κ2) is 4.84. The van der Waals surface area contributed by atoms with Crippen LogP contribution >= 0.6 is 0 Å². The average Bonchev–Trinajstić information content (AvgIpc) is 2.23. The summed E-state index contributed by atoms with van der Waals surface area (Å²) < 4.78 is 5.47. The van der Waals surface area contributed by atoms with E-state index >= 15 is 0 Å². The van der Waals surface area contributed by atoms with Gasteiger partial charge in [0.2, 0.25) is 0 Å². The van der Waals surface area contributed by atoms with Crippen molar-refractivity contribution in [2.24, 2.45) is 11.3 Å². The number of hydrogen-bond acceptors (Lipinski definition) is 2. The van der Waals surface area contributed by atoms with Crippen LogP contribution in [0.25, 0.3) is 0 Å². The maximum Gasteiger partial charge on any atom is 0.0471 e. The topological polar surface area (TPSA) is 12.5 Å². The van der Waals surface area contributed by atoms with Gasteiger partial charge in [-0.3, -0.25) is 0 Å². The van der Waals surface area contributed by atoms with Crippen LogP contribution < -0.4 is 0 Å². The van der Waals surface area contributed by atoms with Crippen LogP contribution in [-0.2, 0) is 4.74 Å². The van der Waals surface area contributed by atoms with Crippen LogP contribution in [0.15, 0.2) is 0 Å². The van der Waals surface area contributed by atoms with Crippen LogP contribution in [0.2, 0.25) is 0 Å². The minimum absolute atomic E-state index is 0.658. The maximum absolute atomic E-state index is 5.47. The highest BCUT2D eigenvalue weighted by Crippen LogP contribution is 2.40. The fourth-order valence-corrected chi connectivity index (χ4v) is 3.03. The van der Waals surface area contributed by atoms with E-state index in [1.54, 1.807) is 0 Å². The second-order valence-corrected chi connectivity index (χ2v) is 5.81. The molecule has 2 nitrogen and oxygen atoms in total. The SMILES string of the molecule is CC(C)CN1CCC2(CCOCC2)CC1. The highest BCUT2D eigenvalue weighted by molar-refractivity contribution is 4.87. The van der Waals surface area contributed by atoms with Gasteiger partial charge in [0.05, 0.1) is 0 Å². The number of nitrogens with zero attached hydrogens (tertiary/aromatic N) is 1. The van der Waals surface area contributed by atoms with Crippen LogP contribution in [-0.4, -0.2) is 37.7 Å². The molecule has 0 atom stereocenters. The van der Waals surface area contributed by atoms with Crippen molar-refractivity contribution in [3.05, 3.63) is 0 Å². The normalized spacial score (nSPS) is 27.4. The first kappa shape index (κ1) is 11.4. The van der Waals surface area contributed by atoms with Gasteiger partial charge in [-0.25, -0.2) is 0 Å². The summed E-state index contributed by atoms with van der Waals surface area (Å²) in [7, 11) is 0. The zero-order valence-electron chi connectivity index (χ0n) is 10.3. The minimum Gasteiger partial charge on any atom is -0.381 e. The molecule has 0 aromatic carbocycles. The van der Waals surface area contributed by atoms with Gasteiger partial charge in [0.1, 0.15) is 0 Å². The van der Waals surface area contributed by atoms with Gasteiger partial charge in [-0.15, -0.1) is 0 Å². The van der Waals surface area contributed by atoms with E-state index in [-0.39, 0.29) is 0 Å². The Morgan fingerprint density at radius 2 is 1.67 bits per heavy atom. The molecular weight excluding hydrogens is 186 g/mol. The van der Waals surface area contributed by atoms with Crippen molar-refractivity contribution in [3.8, 4) is 0 Å². The summed E-state index contributed by atoms with van der Waals surface area (Å²) in [4.78, 5) is 2.64. The Labute approximate surface area is 94.0 Å². The van der Waals surface area contributed by atoms with Crippen LogP contribution in [0.1, 0.15) is 39.5 Å². The molecule has 1 spiro atoms. The van der Waals surface area contributed by atoms with E-state index in [0.717, 1.165) is 19.1 Å². The Balaban J connectivity index is 1.80. The molecule has 2 saturated heterocycles. The molecule has 0 amide bonds. The Kier molecular flexibility index (Phi) is 3.68. The Bertz CT molecular complexity index is 187. The van der Waals surface area contributed by atoms with Gasteiger partial charge in [-0.05, 0) is 50.1 Å². The van der Waals surface area contributed by atoms with Crippen LogP contribution in [0, 0.1) is 11.3 Å². The van der Waals surface area contributed by atoms with Crippen molar-refractivity contribution in [2.45, 2.75) is 39.5 Å². The molecule has 0 aromatic heterocycles. The molecule has 88 valence electrons. The number of hydrogen-bond donors (Lipinski definition) is 0. The third-order valence-electron chi connectivity index (χ3n) is 4.09. The van der Waals surface area contributed by atoms with Crippen molar-refractivity contribution < 1.29 is 4.74 Å². The molecule has 0 unspecified atom stereocenters. The van der Waals surface area contributed by atoms with E-state index in [0.29, 0.717) is 5.41 Å². The van der Waals surface area contributed by atoms with Crippen molar-refractivity contribution in [1.82, 2.24) is 4.90 Å². The molecule has 2 heterocycles. The molecule has 2 heteroatoms. The van der Waals surface area contributed by atoms with Gasteiger partial charge in [0, 0.05) is 19.8 Å².